The van der Waals surface area contributed by atoms with Crippen molar-refractivity contribution in [3.05, 3.63) is 0 Å². The van der Waals surface area contributed by atoms with Crippen LogP contribution in [0.2, 0.25) is 0 Å². The molecule has 0 spiro atoms. The standard InChI is InChI=1S/C7H15NO2.CH5N.2ClH/c1-2-7(10)6-3-5(9)4-8-6;1-2;;/h5-10H,2-4H2,1H3;2H2,1H3;2*1H. The Morgan fingerprint density at radius 1 is 1.43 bits per heavy atom. The monoisotopic (exact) mass is 248 g/mol. The number of hydrogen-bond donors (Lipinski definition) is 4. The highest BCUT2D eigenvalue weighted by Crippen LogP contribution is 2.11. The number of rotatable bonds is 2. The van der Waals surface area contributed by atoms with E-state index in [1.54, 1.807) is 0 Å². The molecule has 0 aromatic heterocycles. The van der Waals surface area contributed by atoms with Crippen molar-refractivity contribution in [3.8, 4) is 0 Å². The fourth-order valence-corrected chi connectivity index (χ4v) is 1.32. The summed E-state index contributed by atoms with van der Waals surface area (Å²) in [6.07, 6.45) is 0.891. The molecule has 90 valence electrons. The van der Waals surface area contributed by atoms with Crippen LogP contribution in [0.15, 0.2) is 0 Å². The Balaban J connectivity index is -0.000000284. The zero-order valence-electron chi connectivity index (χ0n) is 8.64. The van der Waals surface area contributed by atoms with Crippen molar-refractivity contribution in [2.24, 2.45) is 5.73 Å². The highest BCUT2D eigenvalue weighted by Gasteiger charge is 2.26. The number of nitrogens with two attached hydrogens (primary N) is 1. The van der Waals surface area contributed by atoms with Gasteiger partial charge in [0.05, 0.1) is 12.2 Å². The van der Waals surface area contributed by atoms with E-state index in [-0.39, 0.29) is 43.1 Å². The van der Waals surface area contributed by atoms with Crippen LogP contribution in [0.1, 0.15) is 19.8 Å². The van der Waals surface area contributed by atoms with Crippen LogP contribution in [-0.2, 0) is 0 Å². The fourth-order valence-electron chi connectivity index (χ4n) is 1.32. The topological polar surface area (TPSA) is 78.5 Å². The SMILES string of the molecule is CCC(O)C1CC(O)CN1.CN.Cl.Cl. The molecule has 4 nitrogen and oxygen atoms in total. The van der Waals surface area contributed by atoms with Gasteiger partial charge in [-0.15, -0.1) is 24.8 Å². The number of halogens is 2. The van der Waals surface area contributed by atoms with Gasteiger partial charge >= 0.3 is 0 Å². The summed E-state index contributed by atoms with van der Waals surface area (Å²) in [4.78, 5) is 0. The number of nitrogens with one attached hydrogen (secondary N) is 1. The van der Waals surface area contributed by atoms with Gasteiger partial charge in [-0.2, -0.15) is 0 Å². The molecule has 6 heteroatoms. The summed E-state index contributed by atoms with van der Waals surface area (Å²) in [5, 5.41) is 21.4. The first kappa shape index (κ1) is 19.9. The smallest absolute Gasteiger partial charge is 0.0691 e. The van der Waals surface area contributed by atoms with Gasteiger partial charge in [-0.3, -0.25) is 0 Å². The molecule has 3 unspecified atom stereocenters. The quantitative estimate of drug-likeness (QED) is 0.551. The molecule has 0 radical (unpaired) electrons. The third-order valence-corrected chi connectivity index (χ3v) is 2.02. The van der Waals surface area contributed by atoms with Gasteiger partial charge in [0.2, 0.25) is 0 Å². The number of aliphatic hydroxyl groups is 2. The number of hydrogen-bond acceptors (Lipinski definition) is 4. The molecular formula is C8H22Cl2N2O2. The molecular weight excluding hydrogens is 227 g/mol. The number of aliphatic hydroxyl groups excluding tert-OH is 2. The largest absolute Gasteiger partial charge is 0.392 e. The van der Waals surface area contributed by atoms with Gasteiger partial charge in [0.1, 0.15) is 0 Å². The molecule has 1 aliphatic heterocycles. The highest BCUT2D eigenvalue weighted by atomic mass is 35.5. The zero-order chi connectivity index (χ0) is 9.56. The molecule has 1 heterocycles. The lowest BCUT2D eigenvalue weighted by molar-refractivity contribution is 0.121. The van der Waals surface area contributed by atoms with Crippen LogP contribution >= 0.6 is 24.8 Å². The second-order valence-electron chi connectivity index (χ2n) is 2.88. The van der Waals surface area contributed by atoms with Crippen molar-refractivity contribution in [2.75, 3.05) is 13.6 Å². The van der Waals surface area contributed by atoms with Crippen molar-refractivity contribution in [1.29, 1.82) is 0 Å². The Labute approximate surface area is 98.1 Å². The molecule has 1 rings (SSSR count). The zero-order valence-corrected chi connectivity index (χ0v) is 10.3. The Morgan fingerprint density at radius 3 is 2.21 bits per heavy atom. The minimum atomic E-state index is -0.294. The Morgan fingerprint density at radius 2 is 1.93 bits per heavy atom. The van der Waals surface area contributed by atoms with Crippen LogP contribution in [0.3, 0.4) is 0 Å². The molecule has 1 aliphatic rings. The van der Waals surface area contributed by atoms with Gasteiger partial charge < -0.3 is 21.3 Å². The van der Waals surface area contributed by atoms with E-state index in [0.29, 0.717) is 13.0 Å². The van der Waals surface area contributed by atoms with Gasteiger partial charge in [0.25, 0.3) is 0 Å². The van der Waals surface area contributed by atoms with E-state index in [9.17, 15) is 5.11 Å². The van der Waals surface area contributed by atoms with Crippen LogP contribution in [-0.4, -0.2) is 42.1 Å². The first-order chi connectivity index (χ1) is 5.74. The molecule has 5 N–H and O–H groups in total. The van der Waals surface area contributed by atoms with Crippen molar-refractivity contribution in [2.45, 2.75) is 38.0 Å². The van der Waals surface area contributed by atoms with E-state index >= 15 is 0 Å². The lowest BCUT2D eigenvalue weighted by atomic mass is 10.1. The maximum absolute atomic E-state index is 9.30. The highest BCUT2D eigenvalue weighted by molar-refractivity contribution is 5.85. The van der Waals surface area contributed by atoms with Crippen LogP contribution in [0.25, 0.3) is 0 Å². The van der Waals surface area contributed by atoms with E-state index < -0.39 is 0 Å². The summed E-state index contributed by atoms with van der Waals surface area (Å²) < 4.78 is 0. The molecule has 0 amide bonds. The first-order valence-corrected chi connectivity index (χ1v) is 4.41. The Kier molecular flexibility index (Phi) is 16.3. The van der Waals surface area contributed by atoms with Crippen molar-refractivity contribution in [3.63, 3.8) is 0 Å². The summed E-state index contributed by atoms with van der Waals surface area (Å²) in [6.45, 7) is 2.57. The molecule has 0 saturated carbocycles. The van der Waals surface area contributed by atoms with Gasteiger partial charge in [-0.05, 0) is 19.9 Å². The van der Waals surface area contributed by atoms with E-state index in [1.165, 1.54) is 7.05 Å². The van der Waals surface area contributed by atoms with Crippen LogP contribution in [0.5, 0.6) is 0 Å². The van der Waals surface area contributed by atoms with E-state index in [1.807, 2.05) is 6.92 Å². The molecule has 0 bridgehead atoms. The maximum Gasteiger partial charge on any atom is 0.0691 e. The van der Waals surface area contributed by atoms with E-state index in [0.717, 1.165) is 6.42 Å². The molecule has 0 aromatic carbocycles. The Bertz CT molecular complexity index is 120. The van der Waals surface area contributed by atoms with Gasteiger partial charge in [0.15, 0.2) is 0 Å². The first-order valence-electron chi connectivity index (χ1n) is 4.41. The molecule has 0 aromatic rings. The summed E-state index contributed by atoms with van der Waals surface area (Å²) in [6, 6.07) is 0.111. The fraction of sp³-hybridized carbons (Fsp3) is 1.00. The third kappa shape index (κ3) is 6.81. The molecule has 1 fully saturated rings. The summed E-state index contributed by atoms with van der Waals surface area (Å²) >= 11 is 0. The maximum atomic E-state index is 9.30. The van der Waals surface area contributed by atoms with Crippen LogP contribution in [0, 0.1) is 0 Å². The summed E-state index contributed by atoms with van der Waals surface area (Å²) in [5.74, 6) is 0. The van der Waals surface area contributed by atoms with Crippen LogP contribution in [0.4, 0.5) is 0 Å². The normalized spacial score (nSPS) is 26.4. The average Bonchev–Trinajstić information content (AvgIpc) is 2.54. The minimum absolute atomic E-state index is 0. The summed E-state index contributed by atoms with van der Waals surface area (Å²) in [7, 11) is 1.50. The van der Waals surface area contributed by atoms with Crippen molar-refractivity contribution in [1.82, 2.24) is 5.32 Å². The summed E-state index contributed by atoms with van der Waals surface area (Å²) in [5.41, 5.74) is 4.50. The van der Waals surface area contributed by atoms with Gasteiger partial charge in [0, 0.05) is 12.6 Å². The predicted molar refractivity (Wildman–Crippen MR) is 63.3 cm³/mol. The average molecular weight is 249 g/mol. The molecule has 1 saturated heterocycles. The van der Waals surface area contributed by atoms with Gasteiger partial charge in [-0.1, -0.05) is 6.92 Å². The lowest BCUT2D eigenvalue weighted by Crippen LogP contribution is -2.33. The van der Waals surface area contributed by atoms with Crippen molar-refractivity contribution >= 4 is 24.8 Å². The van der Waals surface area contributed by atoms with E-state index in [2.05, 4.69) is 11.1 Å². The second-order valence-corrected chi connectivity index (χ2v) is 2.88. The lowest BCUT2D eigenvalue weighted by Gasteiger charge is -2.15. The Hall–Kier alpha value is 0.420. The number of β-amino-alcohol motifs (C(OH)–C–C–N with tert-alkyl or cyclic N) is 1. The van der Waals surface area contributed by atoms with Crippen molar-refractivity contribution < 1.29 is 10.2 Å². The van der Waals surface area contributed by atoms with Gasteiger partial charge in [-0.25, -0.2) is 0 Å². The minimum Gasteiger partial charge on any atom is -0.392 e. The molecule has 3 atom stereocenters. The second kappa shape index (κ2) is 11.5. The predicted octanol–water partition coefficient (Wildman–Crippen LogP) is -0.101. The molecule has 0 aliphatic carbocycles. The van der Waals surface area contributed by atoms with Crippen LogP contribution < -0.4 is 11.1 Å². The van der Waals surface area contributed by atoms with E-state index in [4.69, 9.17) is 5.11 Å². The third-order valence-electron chi connectivity index (χ3n) is 2.02. The molecule has 14 heavy (non-hydrogen) atoms.